The third-order valence-electron chi connectivity index (χ3n) is 4.35. The van der Waals surface area contributed by atoms with Crippen LogP contribution in [0.15, 0.2) is 54.7 Å². The van der Waals surface area contributed by atoms with Gasteiger partial charge >= 0.3 is 0 Å². The molecule has 1 amide bonds. The first kappa shape index (κ1) is 20.5. The van der Waals surface area contributed by atoms with E-state index < -0.39 is 0 Å². The lowest BCUT2D eigenvalue weighted by Crippen LogP contribution is -2.15. The van der Waals surface area contributed by atoms with Crippen LogP contribution in [-0.2, 0) is 17.8 Å². The molecule has 0 aliphatic carbocycles. The summed E-state index contributed by atoms with van der Waals surface area (Å²) in [5.41, 5.74) is 3.24. The Morgan fingerprint density at radius 2 is 1.66 bits per heavy atom. The molecular weight excluding hydrogens is 366 g/mol. The lowest BCUT2D eigenvalue weighted by molar-refractivity contribution is -0.115. The van der Waals surface area contributed by atoms with Gasteiger partial charge in [-0.2, -0.15) is 5.10 Å². The number of carbonyl (C=O) groups is 1. The number of hydrogen-bond donors (Lipinski definition) is 1. The summed E-state index contributed by atoms with van der Waals surface area (Å²) in [5.74, 6) is 1.76. The number of rotatable bonds is 9. The summed E-state index contributed by atoms with van der Waals surface area (Å²) in [6.07, 6.45) is 2.09. The quantitative estimate of drug-likeness (QED) is 0.591. The molecule has 3 aromatic rings. The lowest BCUT2D eigenvalue weighted by atomic mass is 10.1. The molecule has 0 spiro atoms. The fourth-order valence-electron chi connectivity index (χ4n) is 2.97. The summed E-state index contributed by atoms with van der Waals surface area (Å²) < 4.78 is 13.0. The third-order valence-corrected chi connectivity index (χ3v) is 4.35. The second kappa shape index (κ2) is 9.78. The van der Waals surface area contributed by atoms with E-state index >= 15 is 0 Å². The molecule has 0 saturated heterocycles. The van der Waals surface area contributed by atoms with Crippen molar-refractivity contribution in [3.05, 3.63) is 71.4 Å². The summed E-state index contributed by atoms with van der Waals surface area (Å²) in [6.45, 7) is 7.66. The van der Waals surface area contributed by atoms with E-state index in [2.05, 4.69) is 41.6 Å². The van der Waals surface area contributed by atoms with Crippen LogP contribution in [0.3, 0.4) is 0 Å². The van der Waals surface area contributed by atoms with Crippen molar-refractivity contribution in [2.45, 2.75) is 33.7 Å². The highest BCUT2D eigenvalue weighted by Gasteiger charge is 2.11. The molecule has 152 valence electrons. The Hall–Kier alpha value is -3.28. The molecule has 0 atom stereocenters. The minimum atomic E-state index is -0.128. The Bertz CT molecular complexity index is 948. The number of hydrogen-bond acceptors (Lipinski definition) is 4. The minimum Gasteiger partial charge on any atom is -0.490 e. The fourth-order valence-corrected chi connectivity index (χ4v) is 2.97. The van der Waals surface area contributed by atoms with Crippen LogP contribution in [0.25, 0.3) is 0 Å². The number of aromatic nitrogens is 2. The van der Waals surface area contributed by atoms with E-state index in [1.807, 2.05) is 42.9 Å². The Morgan fingerprint density at radius 3 is 2.38 bits per heavy atom. The summed E-state index contributed by atoms with van der Waals surface area (Å²) in [6, 6.07) is 15.7. The van der Waals surface area contributed by atoms with E-state index in [-0.39, 0.29) is 12.3 Å². The molecule has 0 unspecified atom stereocenters. The average Bonchev–Trinajstić information content (AvgIpc) is 3.12. The normalized spacial score (nSPS) is 10.6. The molecule has 1 N–H and O–H groups in total. The topological polar surface area (TPSA) is 65.4 Å². The van der Waals surface area contributed by atoms with Gasteiger partial charge in [0.15, 0.2) is 17.3 Å². The van der Waals surface area contributed by atoms with Crippen molar-refractivity contribution in [2.24, 2.45) is 0 Å². The number of carbonyl (C=O) groups excluding carboxylic acids is 1. The summed E-state index contributed by atoms with van der Waals surface area (Å²) in [4.78, 5) is 12.4. The third kappa shape index (κ3) is 5.85. The minimum absolute atomic E-state index is 0.128. The van der Waals surface area contributed by atoms with Crippen molar-refractivity contribution < 1.29 is 14.3 Å². The molecular formula is C23H27N3O3. The van der Waals surface area contributed by atoms with Crippen molar-refractivity contribution in [3.63, 3.8) is 0 Å². The van der Waals surface area contributed by atoms with Crippen molar-refractivity contribution in [1.29, 1.82) is 0 Å². The largest absolute Gasteiger partial charge is 0.490 e. The molecule has 6 nitrogen and oxygen atoms in total. The summed E-state index contributed by atoms with van der Waals surface area (Å²) in [7, 11) is 0. The van der Waals surface area contributed by atoms with Gasteiger partial charge in [0.25, 0.3) is 0 Å². The van der Waals surface area contributed by atoms with Crippen LogP contribution in [0.1, 0.15) is 30.5 Å². The van der Waals surface area contributed by atoms with Gasteiger partial charge in [-0.25, -0.2) is 0 Å². The van der Waals surface area contributed by atoms with Crippen LogP contribution < -0.4 is 14.8 Å². The van der Waals surface area contributed by atoms with Crippen LogP contribution in [0.2, 0.25) is 0 Å². The molecule has 1 aromatic heterocycles. The van der Waals surface area contributed by atoms with Gasteiger partial charge < -0.3 is 14.8 Å². The number of nitrogens with zero attached hydrogens (tertiary/aromatic N) is 2. The van der Waals surface area contributed by atoms with Gasteiger partial charge in [0.1, 0.15) is 0 Å². The molecule has 29 heavy (non-hydrogen) atoms. The SMILES string of the molecule is CCOc1ccc(CC(=O)Nc2ccn(Cc3ccc(C)cc3)n2)cc1OCC. The molecule has 2 aromatic carbocycles. The van der Waals surface area contributed by atoms with E-state index in [1.54, 1.807) is 6.07 Å². The first-order valence-electron chi connectivity index (χ1n) is 9.84. The Kier molecular flexibility index (Phi) is 6.89. The van der Waals surface area contributed by atoms with Crippen molar-refractivity contribution >= 4 is 11.7 Å². The van der Waals surface area contributed by atoms with Crippen LogP contribution in [-0.4, -0.2) is 28.9 Å². The van der Waals surface area contributed by atoms with Gasteiger partial charge in [-0.3, -0.25) is 9.48 Å². The summed E-state index contributed by atoms with van der Waals surface area (Å²) >= 11 is 0. The number of amides is 1. The number of nitrogens with one attached hydrogen (secondary N) is 1. The highest BCUT2D eigenvalue weighted by Crippen LogP contribution is 2.28. The first-order chi connectivity index (χ1) is 14.1. The number of benzene rings is 2. The van der Waals surface area contributed by atoms with E-state index in [1.165, 1.54) is 5.56 Å². The zero-order valence-corrected chi connectivity index (χ0v) is 17.1. The Labute approximate surface area is 171 Å². The standard InChI is InChI=1S/C23H27N3O3/c1-4-28-20-11-10-19(14-21(20)29-5-2)15-23(27)24-22-12-13-26(25-22)16-18-8-6-17(3)7-9-18/h6-14H,4-5,15-16H2,1-3H3,(H,24,25,27). The second-order valence-electron chi connectivity index (χ2n) is 6.76. The number of anilines is 1. The summed E-state index contributed by atoms with van der Waals surface area (Å²) in [5, 5.41) is 7.29. The Balaban J connectivity index is 1.60. The smallest absolute Gasteiger partial charge is 0.229 e. The molecule has 0 fully saturated rings. The van der Waals surface area contributed by atoms with Crippen molar-refractivity contribution in [2.75, 3.05) is 18.5 Å². The Morgan fingerprint density at radius 1 is 0.966 bits per heavy atom. The van der Waals surface area contributed by atoms with E-state index in [4.69, 9.17) is 9.47 Å². The molecule has 0 aliphatic heterocycles. The molecule has 0 aliphatic rings. The van der Waals surface area contributed by atoms with E-state index in [0.29, 0.717) is 37.1 Å². The predicted molar refractivity (Wildman–Crippen MR) is 114 cm³/mol. The van der Waals surface area contributed by atoms with Crippen LogP contribution in [0.4, 0.5) is 5.82 Å². The van der Waals surface area contributed by atoms with Crippen molar-refractivity contribution in [3.8, 4) is 11.5 Å². The monoisotopic (exact) mass is 393 g/mol. The fraction of sp³-hybridized carbons (Fsp3) is 0.304. The molecule has 0 radical (unpaired) electrons. The van der Waals surface area contributed by atoms with Crippen LogP contribution in [0.5, 0.6) is 11.5 Å². The maximum Gasteiger partial charge on any atom is 0.229 e. The van der Waals surface area contributed by atoms with Crippen molar-refractivity contribution in [1.82, 2.24) is 9.78 Å². The number of aryl methyl sites for hydroxylation is 1. The van der Waals surface area contributed by atoms with Crippen LogP contribution in [0, 0.1) is 6.92 Å². The maximum atomic E-state index is 12.4. The molecule has 3 rings (SSSR count). The predicted octanol–water partition coefficient (Wildman–Crippen LogP) is 4.22. The van der Waals surface area contributed by atoms with Gasteiger partial charge in [0, 0.05) is 12.3 Å². The zero-order chi connectivity index (χ0) is 20.6. The molecule has 0 bridgehead atoms. The van der Waals surface area contributed by atoms with Gasteiger partial charge in [-0.15, -0.1) is 0 Å². The number of ether oxygens (including phenoxy) is 2. The molecule has 0 saturated carbocycles. The molecule has 6 heteroatoms. The lowest BCUT2D eigenvalue weighted by Gasteiger charge is -2.12. The average molecular weight is 393 g/mol. The van der Waals surface area contributed by atoms with Crippen LogP contribution >= 0.6 is 0 Å². The highest BCUT2D eigenvalue weighted by molar-refractivity contribution is 5.91. The molecule has 1 heterocycles. The van der Waals surface area contributed by atoms with E-state index in [0.717, 1.165) is 11.1 Å². The second-order valence-corrected chi connectivity index (χ2v) is 6.76. The van der Waals surface area contributed by atoms with Gasteiger partial charge in [-0.1, -0.05) is 35.9 Å². The zero-order valence-electron chi connectivity index (χ0n) is 17.1. The maximum absolute atomic E-state index is 12.4. The first-order valence-corrected chi connectivity index (χ1v) is 9.84. The van der Waals surface area contributed by atoms with Gasteiger partial charge in [-0.05, 0) is 44.0 Å². The highest BCUT2D eigenvalue weighted by atomic mass is 16.5. The van der Waals surface area contributed by atoms with E-state index in [9.17, 15) is 4.79 Å². The van der Waals surface area contributed by atoms with Gasteiger partial charge in [0.05, 0.1) is 26.2 Å². The van der Waals surface area contributed by atoms with Gasteiger partial charge in [0.2, 0.25) is 5.91 Å².